The lowest BCUT2D eigenvalue weighted by atomic mass is 10.0. The van der Waals surface area contributed by atoms with Crippen LogP contribution in [0.15, 0.2) is 17.5 Å². The first-order valence-corrected chi connectivity index (χ1v) is 6.23. The third-order valence-electron chi connectivity index (χ3n) is 2.76. The maximum absolute atomic E-state index is 11.7. The van der Waals surface area contributed by atoms with Gasteiger partial charge in [0, 0.05) is 18.0 Å². The van der Waals surface area contributed by atoms with Crippen LogP contribution >= 0.6 is 23.7 Å². The quantitative estimate of drug-likeness (QED) is 0.869. The summed E-state index contributed by atoms with van der Waals surface area (Å²) in [5, 5.41) is 8.26. The molecule has 0 bridgehead atoms. The van der Waals surface area contributed by atoms with Crippen LogP contribution in [0.1, 0.15) is 24.3 Å². The predicted molar refractivity (Wildman–Crippen MR) is 69.1 cm³/mol. The molecule has 2 N–H and O–H groups in total. The van der Waals surface area contributed by atoms with E-state index in [-0.39, 0.29) is 30.3 Å². The zero-order valence-electron chi connectivity index (χ0n) is 9.23. The van der Waals surface area contributed by atoms with Crippen molar-refractivity contribution in [2.45, 2.75) is 19.4 Å². The maximum Gasteiger partial charge on any atom is 0.226 e. The van der Waals surface area contributed by atoms with Crippen LogP contribution in [0.4, 0.5) is 0 Å². The Balaban J connectivity index is 0.00000128. The molecule has 0 spiro atoms. The molecule has 0 aromatic carbocycles. The van der Waals surface area contributed by atoms with E-state index in [0.717, 1.165) is 19.5 Å². The van der Waals surface area contributed by atoms with Gasteiger partial charge in [-0.1, -0.05) is 13.0 Å². The molecular formula is C11H17ClN2OS. The standard InChI is InChI=1S/C11H16N2OS.ClH/c1-2-9(10-4-3-5-15-10)13-11(14)8-6-12-7-8;/h3-5,8-9,12H,2,6-7H2,1H3,(H,13,14);1H. The van der Waals surface area contributed by atoms with Gasteiger partial charge in [-0.15, -0.1) is 23.7 Å². The molecule has 16 heavy (non-hydrogen) atoms. The summed E-state index contributed by atoms with van der Waals surface area (Å²) < 4.78 is 0. The van der Waals surface area contributed by atoms with Gasteiger partial charge in [0.1, 0.15) is 0 Å². The molecule has 1 aliphatic heterocycles. The number of carbonyl (C=O) groups is 1. The van der Waals surface area contributed by atoms with Gasteiger partial charge in [-0.2, -0.15) is 0 Å². The molecular weight excluding hydrogens is 244 g/mol. The number of hydrogen-bond donors (Lipinski definition) is 2. The summed E-state index contributed by atoms with van der Waals surface area (Å²) in [5.74, 6) is 0.369. The normalized spacial score (nSPS) is 17.1. The fourth-order valence-electron chi connectivity index (χ4n) is 1.63. The third-order valence-corrected chi connectivity index (χ3v) is 3.75. The van der Waals surface area contributed by atoms with Crippen molar-refractivity contribution < 1.29 is 4.79 Å². The van der Waals surface area contributed by atoms with E-state index in [1.165, 1.54) is 4.88 Å². The number of amides is 1. The van der Waals surface area contributed by atoms with Crippen molar-refractivity contribution in [2.24, 2.45) is 5.92 Å². The predicted octanol–water partition coefficient (Wildman–Crippen LogP) is 1.96. The highest BCUT2D eigenvalue weighted by Gasteiger charge is 2.26. The van der Waals surface area contributed by atoms with E-state index >= 15 is 0 Å². The van der Waals surface area contributed by atoms with Crippen molar-refractivity contribution in [3.05, 3.63) is 22.4 Å². The molecule has 0 aliphatic carbocycles. The van der Waals surface area contributed by atoms with Crippen molar-refractivity contribution in [1.82, 2.24) is 10.6 Å². The molecule has 1 amide bonds. The Morgan fingerprint density at radius 3 is 2.88 bits per heavy atom. The Bertz CT molecular complexity index is 325. The van der Waals surface area contributed by atoms with Crippen LogP contribution in [-0.4, -0.2) is 19.0 Å². The number of thiophene rings is 1. The molecule has 1 aliphatic rings. The minimum absolute atomic E-state index is 0. The number of nitrogens with one attached hydrogen (secondary N) is 2. The first-order chi connectivity index (χ1) is 7.31. The van der Waals surface area contributed by atoms with Crippen LogP contribution in [0.5, 0.6) is 0 Å². The van der Waals surface area contributed by atoms with Gasteiger partial charge >= 0.3 is 0 Å². The fourth-order valence-corrected chi connectivity index (χ4v) is 2.49. The van der Waals surface area contributed by atoms with E-state index in [1.807, 2.05) is 6.07 Å². The molecule has 1 atom stereocenters. The highest BCUT2D eigenvalue weighted by atomic mass is 35.5. The first-order valence-electron chi connectivity index (χ1n) is 5.35. The molecule has 1 aromatic rings. The molecule has 2 rings (SSSR count). The largest absolute Gasteiger partial charge is 0.348 e. The van der Waals surface area contributed by atoms with Gasteiger partial charge in [-0.25, -0.2) is 0 Å². The van der Waals surface area contributed by atoms with Gasteiger partial charge in [0.15, 0.2) is 0 Å². The zero-order valence-corrected chi connectivity index (χ0v) is 10.9. The average Bonchev–Trinajstić information content (AvgIpc) is 2.63. The second-order valence-corrected chi connectivity index (χ2v) is 4.82. The summed E-state index contributed by atoms with van der Waals surface area (Å²) in [6.07, 6.45) is 0.951. The molecule has 90 valence electrons. The topological polar surface area (TPSA) is 41.1 Å². The number of halogens is 1. The molecule has 1 saturated heterocycles. The minimum Gasteiger partial charge on any atom is -0.348 e. The highest BCUT2D eigenvalue weighted by Crippen LogP contribution is 2.22. The summed E-state index contributed by atoms with van der Waals surface area (Å²) in [6, 6.07) is 4.30. The van der Waals surface area contributed by atoms with Crippen molar-refractivity contribution in [3.63, 3.8) is 0 Å². The van der Waals surface area contributed by atoms with Crippen LogP contribution in [0.3, 0.4) is 0 Å². The lowest BCUT2D eigenvalue weighted by molar-refractivity contribution is -0.127. The van der Waals surface area contributed by atoms with Gasteiger partial charge in [0.05, 0.1) is 12.0 Å². The first kappa shape index (κ1) is 13.5. The van der Waals surface area contributed by atoms with Crippen LogP contribution in [0.25, 0.3) is 0 Å². The second kappa shape index (κ2) is 6.23. The van der Waals surface area contributed by atoms with Gasteiger partial charge in [0.25, 0.3) is 0 Å². The van der Waals surface area contributed by atoms with Gasteiger partial charge in [-0.05, 0) is 17.9 Å². The van der Waals surface area contributed by atoms with Crippen molar-refractivity contribution >= 4 is 29.7 Å². The van der Waals surface area contributed by atoms with E-state index in [9.17, 15) is 4.79 Å². The fraction of sp³-hybridized carbons (Fsp3) is 0.545. The van der Waals surface area contributed by atoms with Gasteiger partial charge < -0.3 is 10.6 Å². The maximum atomic E-state index is 11.7. The molecule has 0 radical (unpaired) electrons. The summed E-state index contributed by atoms with van der Waals surface area (Å²) in [7, 11) is 0. The summed E-state index contributed by atoms with van der Waals surface area (Å²) in [4.78, 5) is 13.0. The second-order valence-electron chi connectivity index (χ2n) is 3.84. The molecule has 1 fully saturated rings. The lowest BCUT2D eigenvalue weighted by Crippen LogP contribution is -2.51. The number of hydrogen-bond acceptors (Lipinski definition) is 3. The van der Waals surface area contributed by atoms with Crippen molar-refractivity contribution in [1.29, 1.82) is 0 Å². The van der Waals surface area contributed by atoms with E-state index in [2.05, 4.69) is 29.0 Å². The van der Waals surface area contributed by atoms with Crippen LogP contribution in [0, 0.1) is 5.92 Å². The monoisotopic (exact) mass is 260 g/mol. The van der Waals surface area contributed by atoms with E-state index in [1.54, 1.807) is 11.3 Å². The Labute approximate surface area is 106 Å². The van der Waals surface area contributed by atoms with Gasteiger partial charge in [0.2, 0.25) is 5.91 Å². The summed E-state index contributed by atoms with van der Waals surface area (Å²) >= 11 is 1.70. The van der Waals surface area contributed by atoms with E-state index in [4.69, 9.17) is 0 Å². The van der Waals surface area contributed by atoms with Crippen LogP contribution in [0.2, 0.25) is 0 Å². The summed E-state index contributed by atoms with van der Waals surface area (Å²) in [5.41, 5.74) is 0. The molecule has 1 unspecified atom stereocenters. The highest BCUT2D eigenvalue weighted by molar-refractivity contribution is 7.10. The van der Waals surface area contributed by atoms with Crippen molar-refractivity contribution in [3.8, 4) is 0 Å². The van der Waals surface area contributed by atoms with E-state index < -0.39 is 0 Å². The smallest absolute Gasteiger partial charge is 0.226 e. The van der Waals surface area contributed by atoms with E-state index in [0.29, 0.717) is 0 Å². The van der Waals surface area contributed by atoms with Crippen LogP contribution < -0.4 is 10.6 Å². The minimum atomic E-state index is 0. The van der Waals surface area contributed by atoms with Crippen LogP contribution in [-0.2, 0) is 4.79 Å². The SMILES string of the molecule is CCC(NC(=O)C1CNC1)c1cccs1.Cl. The molecule has 5 heteroatoms. The zero-order chi connectivity index (χ0) is 10.7. The molecule has 1 aromatic heterocycles. The average molecular weight is 261 g/mol. The Hall–Kier alpha value is -0.580. The number of rotatable bonds is 4. The van der Waals surface area contributed by atoms with Crippen molar-refractivity contribution in [2.75, 3.05) is 13.1 Å². The Morgan fingerprint density at radius 1 is 1.69 bits per heavy atom. The van der Waals surface area contributed by atoms with Gasteiger partial charge in [-0.3, -0.25) is 4.79 Å². The molecule has 3 nitrogen and oxygen atoms in total. The lowest BCUT2D eigenvalue weighted by Gasteiger charge is -2.28. The Morgan fingerprint density at radius 2 is 2.44 bits per heavy atom. The third kappa shape index (κ3) is 2.97. The molecule has 2 heterocycles. The Kier molecular flexibility index (Phi) is 5.25. The summed E-state index contributed by atoms with van der Waals surface area (Å²) in [6.45, 7) is 3.75. The molecule has 0 saturated carbocycles. The number of carbonyl (C=O) groups excluding carboxylic acids is 1.